The number of hydrogen-bond donors (Lipinski definition) is 3. The first kappa shape index (κ1) is 15.2. The van der Waals surface area contributed by atoms with Crippen molar-refractivity contribution in [1.82, 2.24) is 0 Å². The Kier molecular flexibility index (Phi) is 4.72. The van der Waals surface area contributed by atoms with E-state index in [0.29, 0.717) is 22.3 Å². The highest BCUT2D eigenvalue weighted by molar-refractivity contribution is 6.31. The summed E-state index contributed by atoms with van der Waals surface area (Å²) in [5.74, 6) is -1.60. The number of benzene rings is 2. The summed E-state index contributed by atoms with van der Waals surface area (Å²) in [7, 11) is 0. The van der Waals surface area contributed by atoms with Gasteiger partial charge in [-0.25, -0.2) is 13.6 Å². The fraction of sp³-hybridized carbons (Fsp3) is 0.0714. The van der Waals surface area contributed by atoms with Crippen molar-refractivity contribution in [2.24, 2.45) is 0 Å². The summed E-state index contributed by atoms with van der Waals surface area (Å²) in [6.07, 6.45) is 0. The Labute approximate surface area is 124 Å². The van der Waals surface area contributed by atoms with E-state index >= 15 is 0 Å². The van der Waals surface area contributed by atoms with Crippen LogP contribution in [0.5, 0.6) is 0 Å². The van der Waals surface area contributed by atoms with Gasteiger partial charge in [0, 0.05) is 28.0 Å². The van der Waals surface area contributed by atoms with Gasteiger partial charge >= 0.3 is 6.03 Å². The first-order valence-corrected chi connectivity index (χ1v) is 6.29. The average Bonchev–Trinajstić information content (AvgIpc) is 2.37. The van der Waals surface area contributed by atoms with Crippen LogP contribution in [-0.2, 0) is 6.61 Å². The van der Waals surface area contributed by atoms with E-state index < -0.39 is 17.7 Å². The molecule has 2 aromatic carbocycles. The van der Waals surface area contributed by atoms with Gasteiger partial charge in [-0.3, -0.25) is 0 Å². The molecule has 21 heavy (non-hydrogen) atoms. The zero-order valence-corrected chi connectivity index (χ0v) is 11.4. The van der Waals surface area contributed by atoms with E-state index in [1.807, 2.05) is 0 Å². The maximum absolute atomic E-state index is 13.0. The highest BCUT2D eigenvalue weighted by atomic mass is 35.5. The Morgan fingerprint density at radius 2 is 1.81 bits per heavy atom. The second kappa shape index (κ2) is 6.51. The fourth-order valence-corrected chi connectivity index (χ4v) is 1.98. The summed E-state index contributed by atoms with van der Waals surface area (Å²) in [6, 6.07) is 6.66. The molecule has 0 fully saturated rings. The average molecular weight is 313 g/mol. The van der Waals surface area contributed by atoms with Crippen LogP contribution in [0.3, 0.4) is 0 Å². The molecule has 0 saturated heterocycles. The molecule has 2 rings (SSSR count). The minimum Gasteiger partial charge on any atom is -0.392 e. The number of carbonyl (C=O) groups is 1. The minimum absolute atomic E-state index is 0.0300. The van der Waals surface area contributed by atoms with E-state index in [1.54, 1.807) is 18.2 Å². The van der Waals surface area contributed by atoms with Crippen LogP contribution in [0.25, 0.3) is 0 Å². The lowest BCUT2D eigenvalue weighted by atomic mass is 10.2. The Hall–Kier alpha value is -2.18. The number of urea groups is 1. The van der Waals surface area contributed by atoms with Crippen LogP contribution in [0.2, 0.25) is 5.02 Å². The SMILES string of the molecule is O=C(Nc1cc(F)cc(F)c1)Nc1cccc(Cl)c1CO. The molecule has 0 heterocycles. The quantitative estimate of drug-likeness (QED) is 0.808. The molecule has 110 valence electrons. The largest absolute Gasteiger partial charge is 0.392 e. The maximum Gasteiger partial charge on any atom is 0.323 e. The third-order valence-corrected chi connectivity index (χ3v) is 3.00. The van der Waals surface area contributed by atoms with Crippen molar-refractivity contribution in [3.63, 3.8) is 0 Å². The third-order valence-electron chi connectivity index (χ3n) is 2.65. The molecule has 2 amide bonds. The van der Waals surface area contributed by atoms with Gasteiger partial charge in [-0.2, -0.15) is 0 Å². The highest BCUT2D eigenvalue weighted by Gasteiger charge is 2.10. The monoisotopic (exact) mass is 312 g/mol. The van der Waals surface area contributed by atoms with Crippen LogP contribution < -0.4 is 10.6 Å². The van der Waals surface area contributed by atoms with E-state index in [2.05, 4.69) is 10.6 Å². The van der Waals surface area contributed by atoms with Gasteiger partial charge in [0.1, 0.15) is 11.6 Å². The summed E-state index contributed by atoms with van der Waals surface area (Å²) < 4.78 is 26.0. The Morgan fingerprint density at radius 1 is 1.14 bits per heavy atom. The first-order chi connectivity index (χ1) is 9.99. The standard InChI is InChI=1S/C14H11ClF2N2O2/c15-12-2-1-3-13(11(12)7-20)19-14(21)18-10-5-8(16)4-9(17)6-10/h1-6,20H,7H2,(H2,18,19,21). The highest BCUT2D eigenvalue weighted by Crippen LogP contribution is 2.24. The van der Waals surface area contributed by atoms with Gasteiger partial charge in [-0.1, -0.05) is 17.7 Å². The van der Waals surface area contributed by atoms with Crippen LogP contribution in [0.15, 0.2) is 36.4 Å². The van der Waals surface area contributed by atoms with E-state index in [-0.39, 0.29) is 12.3 Å². The topological polar surface area (TPSA) is 61.4 Å². The molecule has 7 heteroatoms. The molecule has 0 unspecified atom stereocenters. The van der Waals surface area contributed by atoms with Gasteiger partial charge < -0.3 is 15.7 Å². The lowest BCUT2D eigenvalue weighted by Gasteiger charge is -2.12. The molecule has 0 saturated carbocycles. The number of anilines is 2. The second-order valence-electron chi connectivity index (χ2n) is 4.16. The smallest absolute Gasteiger partial charge is 0.323 e. The van der Waals surface area contributed by atoms with Gasteiger partial charge in [-0.15, -0.1) is 0 Å². The van der Waals surface area contributed by atoms with Crippen LogP contribution >= 0.6 is 11.6 Å². The molecular weight excluding hydrogens is 302 g/mol. The fourth-order valence-electron chi connectivity index (χ4n) is 1.75. The van der Waals surface area contributed by atoms with Crippen molar-refractivity contribution in [2.45, 2.75) is 6.61 Å². The predicted molar refractivity (Wildman–Crippen MR) is 76.4 cm³/mol. The first-order valence-electron chi connectivity index (χ1n) is 5.92. The number of hydrogen-bond acceptors (Lipinski definition) is 2. The number of nitrogens with one attached hydrogen (secondary N) is 2. The summed E-state index contributed by atoms with van der Waals surface area (Å²) in [4.78, 5) is 11.8. The van der Waals surface area contributed by atoms with Crippen molar-refractivity contribution in [3.8, 4) is 0 Å². The van der Waals surface area contributed by atoms with E-state index in [9.17, 15) is 18.7 Å². The number of rotatable bonds is 3. The van der Waals surface area contributed by atoms with E-state index in [4.69, 9.17) is 11.6 Å². The predicted octanol–water partition coefficient (Wildman–Crippen LogP) is 3.75. The molecule has 0 bridgehead atoms. The molecule has 0 atom stereocenters. The Balaban J connectivity index is 2.13. The molecule has 0 aliphatic heterocycles. The molecule has 0 spiro atoms. The molecule has 0 radical (unpaired) electrons. The Bertz CT molecular complexity index is 660. The number of halogens is 3. The van der Waals surface area contributed by atoms with Crippen LogP contribution in [0.4, 0.5) is 25.0 Å². The van der Waals surface area contributed by atoms with Gasteiger partial charge in [0.25, 0.3) is 0 Å². The van der Waals surface area contributed by atoms with Crippen molar-refractivity contribution in [1.29, 1.82) is 0 Å². The molecule has 0 aliphatic rings. The molecule has 0 aromatic heterocycles. The zero-order chi connectivity index (χ0) is 15.4. The van der Waals surface area contributed by atoms with Crippen LogP contribution in [0, 0.1) is 11.6 Å². The van der Waals surface area contributed by atoms with Crippen molar-refractivity contribution < 1.29 is 18.7 Å². The zero-order valence-electron chi connectivity index (χ0n) is 10.7. The van der Waals surface area contributed by atoms with Crippen LogP contribution in [-0.4, -0.2) is 11.1 Å². The number of aliphatic hydroxyl groups is 1. The lowest BCUT2D eigenvalue weighted by Crippen LogP contribution is -2.20. The Morgan fingerprint density at radius 3 is 2.43 bits per heavy atom. The van der Waals surface area contributed by atoms with Crippen LogP contribution in [0.1, 0.15) is 5.56 Å². The molecular formula is C14H11ClF2N2O2. The molecule has 3 N–H and O–H groups in total. The number of carbonyl (C=O) groups excluding carboxylic acids is 1. The molecule has 0 aliphatic carbocycles. The molecule has 2 aromatic rings. The number of aliphatic hydroxyl groups excluding tert-OH is 1. The normalized spacial score (nSPS) is 10.3. The van der Waals surface area contributed by atoms with Gasteiger partial charge in [0.05, 0.1) is 6.61 Å². The van der Waals surface area contributed by atoms with E-state index in [0.717, 1.165) is 12.1 Å². The van der Waals surface area contributed by atoms with Crippen molar-refractivity contribution in [2.75, 3.05) is 10.6 Å². The van der Waals surface area contributed by atoms with E-state index in [1.165, 1.54) is 0 Å². The third kappa shape index (κ3) is 3.90. The minimum atomic E-state index is -0.802. The van der Waals surface area contributed by atoms with Gasteiger partial charge in [-0.05, 0) is 24.3 Å². The van der Waals surface area contributed by atoms with Crippen molar-refractivity contribution >= 4 is 29.0 Å². The second-order valence-corrected chi connectivity index (χ2v) is 4.57. The summed E-state index contributed by atoms with van der Waals surface area (Å²) in [5, 5.41) is 14.3. The molecule has 4 nitrogen and oxygen atoms in total. The number of amides is 2. The summed E-state index contributed by atoms with van der Waals surface area (Å²) >= 11 is 5.88. The van der Waals surface area contributed by atoms with Gasteiger partial charge in [0.15, 0.2) is 0 Å². The summed E-state index contributed by atoms with van der Waals surface area (Å²) in [5.41, 5.74) is 0.622. The van der Waals surface area contributed by atoms with Gasteiger partial charge in [0.2, 0.25) is 0 Å². The van der Waals surface area contributed by atoms with Crippen molar-refractivity contribution in [3.05, 3.63) is 58.6 Å². The lowest BCUT2D eigenvalue weighted by molar-refractivity contribution is 0.262. The summed E-state index contributed by atoms with van der Waals surface area (Å²) in [6.45, 7) is -0.357. The maximum atomic E-state index is 13.0.